The Morgan fingerprint density at radius 3 is 1.44 bits per heavy atom. The molecule has 0 spiro atoms. The molecule has 1 rings (SSSR count). The van der Waals surface area contributed by atoms with E-state index in [2.05, 4.69) is 0 Å². The zero-order chi connectivity index (χ0) is 21.6. The topological polar surface area (TPSA) is 156 Å². The number of halogens is 6. The Hall–Kier alpha value is -2.42. The van der Waals surface area contributed by atoms with Gasteiger partial charge in [0.05, 0.1) is 11.1 Å². The molecule has 1 aromatic rings. The van der Waals surface area contributed by atoms with Gasteiger partial charge in [-0.2, -0.15) is 26.3 Å². The van der Waals surface area contributed by atoms with Crippen LogP contribution < -0.4 is 0 Å². The number of carboxylic acid groups (broad SMARTS) is 2. The molecule has 0 radical (unpaired) electrons. The molecule has 27 heavy (non-hydrogen) atoms. The fourth-order valence-corrected chi connectivity index (χ4v) is 2.38. The Balaban J connectivity index is 3.85. The van der Waals surface area contributed by atoms with E-state index in [4.69, 9.17) is 25.5 Å². The molecule has 14 heteroatoms. The standard InChI is InChI=1S/C13H10F6O8/c14-11(15,25)10(12(16,17)26,13(18,19)27)7(20)4-1-2-5(8(21)22)6(3-4)9(23)24/h1-3,7,20,25-27H,(H,21,22)(H,23,24). The molecule has 1 aromatic carbocycles. The summed E-state index contributed by atoms with van der Waals surface area (Å²) in [7, 11) is 0. The lowest BCUT2D eigenvalue weighted by Crippen LogP contribution is -2.67. The Labute approximate surface area is 144 Å². The third kappa shape index (κ3) is 3.55. The summed E-state index contributed by atoms with van der Waals surface area (Å²) in [4.78, 5) is 21.9. The lowest BCUT2D eigenvalue weighted by molar-refractivity contribution is -0.495. The number of rotatable bonds is 7. The van der Waals surface area contributed by atoms with Crippen LogP contribution in [-0.4, -0.2) is 60.9 Å². The molecule has 0 aliphatic rings. The second kappa shape index (κ2) is 6.63. The minimum atomic E-state index is -6.34. The molecule has 6 N–H and O–H groups in total. The van der Waals surface area contributed by atoms with Gasteiger partial charge in [-0.15, -0.1) is 0 Å². The molecular formula is C13H10F6O8. The van der Waals surface area contributed by atoms with Gasteiger partial charge in [-0.25, -0.2) is 9.59 Å². The molecule has 0 heterocycles. The number of hydrogen-bond donors (Lipinski definition) is 6. The van der Waals surface area contributed by atoms with Gasteiger partial charge in [-0.05, 0) is 17.7 Å². The van der Waals surface area contributed by atoms with Crippen molar-refractivity contribution in [2.24, 2.45) is 5.41 Å². The van der Waals surface area contributed by atoms with Crippen LogP contribution in [0.25, 0.3) is 0 Å². The SMILES string of the molecule is O=C(O)c1ccc(C(O)C(C(O)(F)F)(C(O)(F)F)C(O)(F)F)cc1C(=O)O. The van der Waals surface area contributed by atoms with Crippen LogP contribution in [0, 0.1) is 5.41 Å². The van der Waals surface area contributed by atoms with Crippen LogP contribution in [0.3, 0.4) is 0 Å². The number of hydrogen-bond acceptors (Lipinski definition) is 6. The van der Waals surface area contributed by atoms with Gasteiger partial charge in [0.25, 0.3) is 5.41 Å². The van der Waals surface area contributed by atoms with Crippen LogP contribution in [0.5, 0.6) is 0 Å². The first-order valence-electron chi connectivity index (χ1n) is 6.48. The summed E-state index contributed by atoms with van der Waals surface area (Å²) in [6.07, 6.45) is -23.0. The van der Waals surface area contributed by atoms with Gasteiger partial charge in [0, 0.05) is 0 Å². The van der Waals surface area contributed by atoms with E-state index in [1.807, 2.05) is 0 Å². The average molecular weight is 408 g/mol. The van der Waals surface area contributed by atoms with Crippen molar-refractivity contribution < 1.29 is 66.6 Å². The maximum Gasteiger partial charge on any atom is 0.379 e. The van der Waals surface area contributed by atoms with Crippen molar-refractivity contribution in [1.29, 1.82) is 0 Å². The lowest BCUT2D eigenvalue weighted by Gasteiger charge is -2.44. The van der Waals surface area contributed by atoms with Crippen LogP contribution in [0.1, 0.15) is 32.4 Å². The van der Waals surface area contributed by atoms with E-state index in [1.54, 1.807) is 0 Å². The zero-order valence-corrected chi connectivity index (χ0v) is 12.6. The van der Waals surface area contributed by atoms with Crippen LogP contribution in [-0.2, 0) is 0 Å². The summed E-state index contributed by atoms with van der Waals surface area (Å²) < 4.78 is 80.0. The first-order chi connectivity index (χ1) is 11.9. The Morgan fingerprint density at radius 2 is 1.15 bits per heavy atom. The predicted molar refractivity (Wildman–Crippen MR) is 69.3 cm³/mol. The quantitative estimate of drug-likeness (QED) is 0.363. The van der Waals surface area contributed by atoms with Gasteiger partial charge < -0.3 is 30.6 Å². The molecule has 0 bridgehead atoms. The normalized spacial score (nSPS) is 14.7. The summed E-state index contributed by atoms with van der Waals surface area (Å²) in [5.41, 5.74) is -9.82. The molecular weight excluding hydrogens is 398 g/mol. The van der Waals surface area contributed by atoms with Crippen molar-refractivity contribution in [3.05, 3.63) is 34.9 Å². The molecule has 1 unspecified atom stereocenters. The smallest absolute Gasteiger partial charge is 0.379 e. The Morgan fingerprint density at radius 1 is 0.778 bits per heavy atom. The van der Waals surface area contributed by atoms with Crippen LogP contribution >= 0.6 is 0 Å². The second-order valence-electron chi connectivity index (χ2n) is 5.25. The van der Waals surface area contributed by atoms with E-state index in [-0.39, 0.29) is 18.2 Å². The average Bonchev–Trinajstić information content (AvgIpc) is 2.41. The number of aromatic carboxylic acids is 2. The second-order valence-corrected chi connectivity index (χ2v) is 5.25. The molecule has 0 aromatic heterocycles. The molecule has 0 aliphatic carbocycles. The van der Waals surface area contributed by atoms with Gasteiger partial charge in [0.2, 0.25) is 0 Å². The predicted octanol–water partition coefficient (Wildman–Crippen LogP) is 0.858. The molecule has 1 atom stereocenters. The molecule has 0 saturated carbocycles. The summed E-state index contributed by atoms with van der Waals surface area (Å²) in [5, 5.41) is 53.1. The van der Waals surface area contributed by atoms with Gasteiger partial charge in [0.1, 0.15) is 6.10 Å². The van der Waals surface area contributed by atoms with Crippen LogP contribution in [0.2, 0.25) is 0 Å². The van der Waals surface area contributed by atoms with Crippen molar-refractivity contribution >= 4 is 11.9 Å². The highest BCUT2D eigenvalue weighted by Gasteiger charge is 2.83. The Kier molecular flexibility index (Phi) is 5.56. The highest BCUT2D eigenvalue weighted by molar-refractivity contribution is 6.01. The van der Waals surface area contributed by atoms with E-state index in [0.717, 1.165) is 0 Å². The van der Waals surface area contributed by atoms with E-state index < -0.39 is 58.5 Å². The number of benzene rings is 1. The number of carbonyl (C=O) groups is 2. The van der Waals surface area contributed by atoms with Crippen LogP contribution in [0.15, 0.2) is 18.2 Å². The highest BCUT2D eigenvalue weighted by atomic mass is 19.3. The molecule has 0 amide bonds. The van der Waals surface area contributed by atoms with E-state index in [0.29, 0.717) is 0 Å². The first-order valence-corrected chi connectivity index (χ1v) is 6.48. The van der Waals surface area contributed by atoms with E-state index >= 15 is 0 Å². The fourth-order valence-electron chi connectivity index (χ4n) is 2.38. The van der Waals surface area contributed by atoms with Gasteiger partial charge in [0.15, 0.2) is 0 Å². The lowest BCUT2D eigenvalue weighted by atomic mass is 9.74. The molecule has 0 fully saturated rings. The zero-order valence-electron chi connectivity index (χ0n) is 12.6. The van der Waals surface area contributed by atoms with Crippen molar-refractivity contribution in [2.75, 3.05) is 0 Å². The van der Waals surface area contributed by atoms with Crippen molar-refractivity contribution in [1.82, 2.24) is 0 Å². The van der Waals surface area contributed by atoms with E-state index in [1.165, 1.54) is 0 Å². The van der Waals surface area contributed by atoms with Crippen molar-refractivity contribution in [3.8, 4) is 0 Å². The van der Waals surface area contributed by atoms with Gasteiger partial charge in [-0.3, -0.25) is 0 Å². The number of aliphatic hydroxyl groups excluding tert-OH is 1. The molecule has 8 nitrogen and oxygen atoms in total. The minimum absolute atomic E-state index is 0.0333. The number of aliphatic hydroxyl groups is 4. The number of carboxylic acids is 2. The van der Waals surface area contributed by atoms with Crippen LogP contribution in [0.4, 0.5) is 26.3 Å². The van der Waals surface area contributed by atoms with E-state index in [9.17, 15) is 41.0 Å². The molecule has 152 valence electrons. The molecule has 0 aliphatic heterocycles. The van der Waals surface area contributed by atoms with Gasteiger partial charge >= 0.3 is 30.3 Å². The summed E-state index contributed by atoms with van der Waals surface area (Å²) in [6, 6.07) is 0.447. The maximum atomic E-state index is 13.3. The fraction of sp³-hybridized carbons (Fsp3) is 0.385. The monoisotopic (exact) mass is 408 g/mol. The number of alkyl halides is 6. The van der Waals surface area contributed by atoms with Gasteiger partial charge in [-0.1, -0.05) is 6.07 Å². The minimum Gasteiger partial charge on any atom is -0.478 e. The first kappa shape index (κ1) is 22.6. The summed E-state index contributed by atoms with van der Waals surface area (Å²) in [5.74, 6) is -3.97. The van der Waals surface area contributed by atoms with Crippen molar-refractivity contribution in [2.45, 2.75) is 24.4 Å². The summed E-state index contributed by atoms with van der Waals surface area (Å²) in [6.45, 7) is 0. The largest absolute Gasteiger partial charge is 0.478 e. The third-order valence-corrected chi connectivity index (χ3v) is 3.65. The summed E-state index contributed by atoms with van der Waals surface area (Å²) >= 11 is 0. The maximum absolute atomic E-state index is 13.3. The third-order valence-electron chi connectivity index (χ3n) is 3.65. The van der Waals surface area contributed by atoms with Crippen molar-refractivity contribution in [3.63, 3.8) is 0 Å². The Bertz CT molecular complexity index is 713. The highest BCUT2D eigenvalue weighted by Crippen LogP contribution is 2.61. The molecule has 0 saturated heterocycles.